The normalized spacial score (nSPS) is 21.1. The van der Waals surface area contributed by atoms with Gasteiger partial charge < -0.3 is 19.5 Å². The van der Waals surface area contributed by atoms with Crippen LogP contribution in [-0.4, -0.2) is 64.9 Å². The largest absolute Gasteiger partial charge is 0.375 e. The minimum atomic E-state index is -0.279. The van der Waals surface area contributed by atoms with Crippen molar-refractivity contribution in [3.63, 3.8) is 0 Å². The second-order valence-corrected chi connectivity index (χ2v) is 7.44. The van der Waals surface area contributed by atoms with Crippen LogP contribution in [0.3, 0.4) is 0 Å². The van der Waals surface area contributed by atoms with Crippen molar-refractivity contribution in [2.24, 2.45) is 5.92 Å². The molecule has 0 radical (unpaired) electrons. The summed E-state index contributed by atoms with van der Waals surface area (Å²) in [6, 6.07) is 7.53. The number of nitrogens with one attached hydrogen (secondary N) is 1. The molecule has 1 aromatic carbocycles. The van der Waals surface area contributed by atoms with Gasteiger partial charge in [0.25, 0.3) is 0 Å². The van der Waals surface area contributed by atoms with Crippen molar-refractivity contribution < 1.29 is 14.3 Å². The number of aromatic amines is 1. The van der Waals surface area contributed by atoms with Gasteiger partial charge >= 0.3 is 0 Å². The lowest BCUT2D eigenvalue weighted by Gasteiger charge is -2.41. The van der Waals surface area contributed by atoms with Crippen molar-refractivity contribution in [2.75, 3.05) is 33.4 Å². The van der Waals surface area contributed by atoms with Crippen LogP contribution in [0.4, 0.5) is 0 Å². The first kappa shape index (κ1) is 18.0. The number of aromatic nitrogens is 2. The molecule has 144 valence electrons. The first-order valence-corrected chi connectivity index (χ1v) is 9.69. The second kappa shape index (κ2) is 7.68. The van der Waals surface area contributed by atoms with Crippen molar-refractivity contribution >= 4 is 22.8 Å². The number of ether oxygens (including phenoxy) is 1. The Bertz CT molecular complexity index is 794. The van der Waals surface area contributed by atoms with Crippen molar-refractivity contribution in [3.8, 4) is 0 Å². The Morgan fingerprint density at radius 2 is 2.00 bits per heavy atom. The van der Waals surface area contributed by atoms with Gasteiger partial charge in [-0.15, -0.1) is 0 Å². The number of H-pyrrole nitrogens is 1. The maximum absolute atomic E-state index is 12.9. The van der Waals surface area contributed by atoms with E-state index in [1.807, 2.05) is 29.2 Å². The molecule has 1 N–H and O–H groups in total. The van der Waals surface area contributed by atoms with E-state index in [1.54, 1.807) is 4.90 Å². The van der Waals surface area contributed by atoms with Gasteiger partial charge in [0.1, 0.15) is 18.5 Å². The molecule has 2 fully saturated rings. The van der Waals surface area contributed by atoms with E-state index in [0.29, 0.717) is 19.6 Å². The average molecular weight is 370 g/mol. The van der Waals surface area contributed by atoms with Crippen molar-refractivity contribution in [1.82, 2.24) is 19.8 Å². The maximum atomic E-state index is 12.9. The molecule has 7 heteroatoms. The third kappa shape index (κ3) is 3.56. The fraction of sp³-hybridized carbons (Fsp3) is 0.550. The van der Waals surface area contributed by atoms with Crippen molar-refractivity contribution in [1.29, 1.82) is 0 Å². The van der Waals surface area contributed by atoms with E-state index >= 15 is 0 Å². The standard InChI is InChI=1S/C20H26N4O3/c1-27-13-18(25)24-11-10-23(20(26)14-6-2-3-7-14)12-17(24)19-21-15-8-4-5-9-16(15)22-19/h4-5,8-9,14,17H,2-3,6-7,10-13H2,1H3,(H,21,22). The van der Waals surface area contributed by atoms with E-state index in [2.05, 4.69) is 4.98 Å². The molecule has 1 aliphatic heterocycles. The lowest BCUT2D eigenvalue weighted by atomic mass is 10.0. The van der Waals surface area contributed by atoms with Crippen LogP contribution in [-0.2, 0) is 14.3 Å². The van der Waals surface area contributed by atoms with Crippen LogP contribution in [0.15, 0.2) is 24.3 Å². The van der Waals surface area contributed by atoms with Crippen molar-refractivity contribution in [2.45, 2.75) is 31.7 Å². The lowest BCUT2D eigenvalue weighted by molar-refractivity contribution is -0.147. The van der Waals surface area contributed by atoms with Crippen LogP contribution >= 0.6 is 0 Å². The molecule has 1 saturated heterocycles. The van der Waals surface area contributed by atoms with E-state index in [9.17, 15) is 9.59 Å². The summed E-state index contributed by atoms with van der Waals surface area (Å²) in [5, 5.41) is 0. The number of rotatable bonds is 4. The molecule has 2 aliphatic rings. The number of hydrogen-bond acceptors (Lipinski definition) is 4. The fourth-order valence-corrected chi connectivity index (χ4v) is 4.28. The molecule has 7 nitrogen and oxygen atoms in total. The highest BCUT2D eigenvalue weighted by Gasteiger charge is 2.37. The number of para-hydroxylation sites is 2. The molecule has 2 amide bonds. The van der Waals surface area contributed by atoms with Gasteiger partial charge in [-0.2, -0.15) is 0 Å². The molecule has 1 aliphatic carbocycles. The van der Waals surface area contributed by atoms with Crippen LogP contribution in [0, 0.1) is 5.92 Å². The third-order valence-corrected chi connectivity index (χ3v) is 5.71. The third-order valence-electron chi connectivity index (χ3n) is 5.71. The molecule has 1 unspecified atom stereocenters. The predicted octanol–water partition coefficient (Wildman–Crippen LogP) is 2.11. The average Bonchev–Trinajstić information content (AvgIpc) is 3.36. The Labute approximate surface area is 158 Å². The molecule has 0 bridgehead atoms. The van der Waals surface area contributed by atoms with Crippen LogP contribution < -0.4 is 0 Å². The number of benzene rings is 1. The van der Waals surface area contributed by atoms with Crippen LogP contribution in [0.1, 0.15) is 37.5 Å². The first-order valence-electron chi connectivity index (χ1n) is 9.69. The van der Waals surface area contributed by atoms with Crippen LogP contribution in [0.25, 0.3) is 11.0 Å². The summed E-state index contributed by atoms with van der Waals surface area (Å²) in [6.07, 6.45) is 4.24. The zero-order valence-electron chi connectivity index (χ0n) is 15.7. The van der Waals surface area contributed by atoms with E-state index in [1.165, 1.54) is 7.11 Å². The summed E-state index contributed by atoms with van der Waals surface area (Å²) in [5.74, 6) is 1.02. The zero-order valence-corrected chi connectivity index (χ0v) is 15.7. The summed E-state index contributed by atoms with van der Waals surface area (Å²) in [7, 11) is 1.52. The number of nitrogens with zero attached hydrogens (tertiary/aromatic N) is 3. The Hall–Kier alpha value is -2.41. The highest BCUT2D eigenvalue weighted by atomic mass is 16.5. The molecular weight excluding hydrogens is 344 g/mol. The predicted molar refractivity (Wildman–Crippen MR) is 101 cm³/mol. The molecule has 1 atom stereocenters. The Morgan fingerprint density at radius 3 is 2.74 bits per heavy atom. The molecule has 0 spiro atoms. The topological polar surface area (TPSA) is 78.5 Å². The number of carbonyl (C=O) groups is 2. The monoisotopic (exact) mass is 370 g/mol. The van der Waals surface area contributed by atoms with Crippen LogP contribution in [0.5, 0.6) is 0 Å². The summed E-state index contributed by atoms with van der Waals surface area (Å²) in [6.45, 7) is 1.59. The molecule has 2 heterocycles. The number of carbonyl (C=O) groups excluding carboxylic acids is 2. The number of fused-ring (bicyclic) bond motifs is 1. The van der Waals surface area contributed by atoms with Gasteiger partial charge in [0.15, 0.2) is 0 Å². The van der Waals surface area contributed by atoms with E-state index in [0.717, 1.165) is 42.5 Å². The SMILES string of the molecule is COCC(=O)N1CCN(C(=O)C2CCCC2)CC1c1nc2ccccc2[nH]1. The smallest absolute Gasteiger partial charge is 0.249 e. The van der Waals surface area contributed by atoms with E-state index < -0.39 is 0 Å². The van der Waals surface area contributed by atoms with Crippen molar-refractivity contribution in [3.05, 3.63) is 30.1 Å². The number of methoxy groups -OCH3 is 1. The first-order chi connectivity index (χ1) is 13.2. The van der Waals surface area contributed by atoms with Gasteiger partial charge in [-0.1, -0.05) is 25.0 Å². The highest BCUT2D eigenvalue weighted by molar-refractivity contribution is 5.81. The summed E-state index contributed by atoms with van der Waals surface area (Å²) in [5.41, 5.74) is 1.80. The Balaban J connectivity index is 1.61. The van der Waals surface area contributed by atoms with Crippen LogP contribution in [0.2, 0.25) is 0 Å². The Kier molecular flexibility index (Phi) is 5.11. The van der Waals surface area contributed by atoms with Gasteiger partial charge in [-0.3, -0.25) is 9.59 Å². The molecule has 27 heavy (non-hydrogen) atoms. The van der Waals surface area contributed by atoms with Gasteiger partial charge in [-0.25, -0.2) is 4.98 Å². The lowest BCUT2D eigenvalue weighted by Crippen LogP contribution is -2.54. The van der Waals surface area contributed by atoms with E-state index in [4.69, 9.17) is 9.72 Å². The number of imidazole rings is 1. The van der Waals surface area contributed by atoms with Gasteiger partial charge in [0.2, 0.25) is 11.8 Å². The summed E-state index contributed by atoms with van der Waals surface area (Å²) < 4.78 is 5.05. The van der Waals surface area contributed by atoms with Gasteiger partial charge in [-0.05, 0) is 25.0 Å². The summed E-state index contributed by atoms with van der Waals surface area (Å²) >= 11 is 0. The molecule has 1 aromatic heterocycles. The Morgan fingerprint density at radius 1 is 1.22 bits per heavy atom. The molecule has 2 aromatic rings. The quantitative estimate of drug-likeness (QED) is 0.894. The molecule has 4 rings (SSSR count). The van der Waals surface area contributed by atoms with Gasteiger partial charge in [0.05, 0.1) is 11.0 Å². The van der Waals surface area contributed by atoms with Gasteiger partial charge in [0, 0.05) is 32.7 Å². The fourth-order valence-electron chi connectivity index (χ4n) is 4.28. The molecular formula is C20H26N4O3. The minimum Gasteiger partial charge on any atom is -0.375 e. The minimum absolute atomic E-state index is 0.0350. The number of piperazine rings is 1. The highest BCUT2D eigenvalue weighted by Crippen LogP contribution is 2.30. The zero-order chi connectivity index (χ0) is 18.8. The maximum Gasteiger partial charge on any atom is 0.249 e. The summed E-state index contributed by atoms with van der Waals surface area (Å²) in [4.78, 5) is 37.2. The van der Waals surface area contributed by atoms with E-state index in [-0.39, 0.29) is 30.4 Å². The second-order valence-electron chi connectivity index (χ2n) is 7.44. The number of hydrogen-bond donors (Lipinski definition) is 1. The molecule has 1 saturated carbocycles. The number of amides is 2.